The molecule has 2 aromatic rings. The maximum atomic E-state index is 12.9. The number of carbonyl (C=O) groups is 1. The first kappa shape index (κ1) is 12.9. The van der Waals surface area contributed by atoms with Gasteiger partial charge in [0, 0.05) is 11.8 Å². The minimum Gasteiger partial charge on any atom is -0.324 e. The van der Waals surface area contributed by atoms with E-state index in [1.165, 1.54) is 24.3 Å². The fourth-order valence-electron chi connectivity index (χ4n) is 1.57. The molecule has 1 aromatic heterocycles. The van der Waals surface area contributed by atoms with Crippen molar-refractivity contribution in [1.82, 2.24) is 9.78 Å². The minimum absolute atomic E-state index is 0.211. The lowest BCUT2D eigenvalue weighted by atomic mass is 10.3. The summed E-state index contributed by atoms with van der Waals surface area (Å²) in [6.07, 6.45) is 0. The number of amides is 1. The summed E-state index contributed by atoms with van der Waals surface area (Å²) in [4.78, 5) is 23.2. The van der Waals surface area contributed by atoms with E-state index in [-0.39, 0.29) is 12.1 Å². The molecule has 0 fully saturated rings. The zero-order valence-electron chi connectivity index (χ0n) is 10.3. The van der Waals surface area contributed by atoms with Gasteiger partial charge in [-0.25, -0.2) is 9.07 Å². The van der Waals surface area contributed by atoms with Crippen molar-refractivity contribution in [3.05, 3.63) is 58.3 Å². The van der Waals surface area contributed by atoms with E-state index in [9.17, 15) is 14.0 Å². The topological polar surface area (TPSA) is 64.0 Å². The number of nitrogens with zero attached hydrogens (tertiary/aromatic N) is 2. The van der Waals surface area contributed by atoms with Crippen LogP contribution in [-0.4, -0.2) is 15.7 Å². The molecule has 6 heteroatoms. The van der Waals surface area contributed by atoms with Gasteiger partial charge < -0.3 is 5.32 Å². The zero-order valence-corrected chi connectivity index (χ0v) is 10.3. The Morgan fingerprint density at radius 3 is 2.89 bits per heavy atom. The van der Waals surface area contributed by atoms with Crippen molar-refractivity contribution in [3.8, 4) is 0 Å². The smallest absolute Gasteiger partial charge is 0.267 e. The summed E-state index contributed by atoms with van der Waals surface area (Å²) in [5.41, 5.74) is 0.615. The summed E-state index contributed by atoms with van der Waals surface area (Å²) in [6, 6.07) is 8.45. The minimum atomic E-state index is -0.441. The normalized spacial score (nSPS) is 10.2. The molecular formula is C13H12FN3O2. The first-order valence-electron chi connectivity index (χ1n) is 5.65. The SMILES string of the molecule is Cc1ccc(=O)n(CC(=O)Nc2cccc(F)c2)n1. The Morgan fingerprint density at radius 1 is 1.37 bits per heavy atom. The predicted molar refractivity (Wildman–Crippen MR) is 68.3 cm³/mol. The van der Waals surface area contributed by atoms with Crippen molar-refractivity contribution < 1.29 is 9.18 Å². The van der Waals surface area contributed by atoms with Crippen LogP contribution < -0.4 is 10.9 Å². The molecule has 5 nitrogen and oxygen atoms in total. The Labute approximate surface area is 108 Å². The summed E-state index contributed by atoms with van der Waals surface area (Å²) in [5.74, 6) is -0.880. The molecule has 98 valence electrons. The third-order valence-electron chi connectivity index (χ3n) is 2.40. The lowest BCUT2D eigenvalue weighted by Gasteiger charge is -2.07. The number of benzene rings is 1. The number of carbonyl (C=O) groups excluding carboxylic acids is 1. The van der Waals surface area contributed by atoms with Crippen molar-refractivity contribution in [2.24, 2.45) is 0 Å². The fourth-order valence-corrected chi connectivity index (χ4v) is 1.57. The van der Waals surface area contributed by atoms with Crippen LogP contribution in [0.25, 0.3) is 0 Å². The first-order chi connectivity index (χ1) is 9.04. The van der Waals surface area contributed by atoms with Crippen LogP contribution in [0.1, 0.15) is 5.69 Å². The van der Waals surface area contributed by atoms with Crippen molar-refractivity contribution in [2.75, 3.05) is 5.32 Å². The first-order valence-corrected chi connectivity index (χ1v) is 5.65. The van der Waals surface area contributed by atoms with Crippen molar-refractivity contribution in [1.29, 1.82) is 0 Å². The van der Waals surface area contributed by atoms with Crippen molar-refractivity contribution >= 4 is 11.6 Å². The molecule has 0 atom stereocenters. The second-order valence-electron chi connectivity index (χ2n) is 4.03. The molecule has 1 N–H and O–H groups in total. The number of nitrogens with one attached hydrogen (secondary N) is 1. The number of hydrogen-bond donors (Lipinski definition) is 1. The molecule has 0 saturated carbocycles. The standard InChI is InChI=1S/C13H12FN3O2/c1-9-5-6-13(19)17(16-9)8-12(18)15-11-4-2-3-10(14)7-11/h2-7H,8H2,1H3,(H,15,18). The molecule has 0 aliphatic rings. The molecule has 0 radical (unpaired) electrons. The van der Waals surface area contributed by atoms with Crippen LogP contribution >= 0.6 is 0 Å². The lowest BCUT2D eigenvalue weighted by Crippen LogP contribution is -2.29. The van der Waals surface area contributed by atoms with Gasteiger partial charge in [0.2, 0.25) is 5.91 Å². The Bertz CT molecular complexity index is 667. The number of halogens is 1. The number of aryl methyl sites for hydroxylation is 1. The van der Waals surface area contributed by atoms with Crippen LogP contribution in [0.3, 0.4) is 0 Å². The highest BCUT2D eigenvalue weighted by Crippen LogP contribution is 2.08. The van der Waals surface area contributed by atoms with Crippen LogP contribution in [0.5, 0.6) is 0 Å². The van der Waals surface area contributed by atoms with Crippen LogP contribution in [0, 0.1) is 12.7 Å². The Balaban J connectivity index is 2.09. The van der Waals surface area contributed by atoms with Gasteiger partial charge in [-0.15, -0.1) is 0 Å². The van der Waals surface area contributed by atoms with Crippen LogP contribution in [0.2, 0.25) is 0 Å². The van der Waals surface area contributed by atoms with Crippen LogP contribution in [0.15, 0.2) is 41.2 Å². The lowest BCUT2D eigenvalue weighted by molar-refractivity contribution is -0.117. The molecule has 0 aliphatic heterocycles. The highest BCUT2D eigenvalue weighted by molar-refractivity contribution is 5.90. The van der Waals surface area contributed by atoms with Crippen LogP contribution in [0.4, 0.5) is 10.1 Å². The summed E-state index contributed by atoms with van der Waals surface area (Å²) >= 11 is 0. The number of aromatic nitrogens is 2. The quantitative estimate of drug-likeness (QED) is 0.906. The van der Waals surface area contributed by atoms with E-state index in [0.717, 1.165) is 4.68 Å². The third-order valence-corrected chi connectivity index (χ3v) is 2.40. The molecule has 0 spiro atoms. The largest absolute Gasteiger partial charge is 0.324 e. The van der Waals surface area contributed by atoms with Gasteiger partial charge in [-0.3, -0.25) is 9.59 Å². The van der Waals surface area contributed by atoms with Crippen molar-refractivity contribution in [2.45, 2.75) is 13.5 Å². The van der Waals surface area contributed by atoms with Crippen molar-refractivity contribution in [3.63, 3.8) is 0 Å². The second kappa shape index (κ2) is 5.43. The number of rotatable bonds is 3. The molecule has 0 saturated heterocycles. The van der Waals surface area contributed by atoms with Gasteiger partial charge in [-0.1, -0.05) is 6.07 Å². The average molecular weight is 261 g/mol. The average Bonchev–Trinajstić information content (AvgIpc) is 2.34. The van der Waals surface area contributed by atoms with E-state index in [4.69, 9.17) is 0 Å². The molecule has 1 amide bonds. The Morgan fingerprint density at radius 2 is 2.16 bits per heavy atom. The molecular weight excluding hydrogens is 249 g/mol. The number of hydrogen-bond acceptors (Lipinski definition) is 3. The van der Waals surface area contributed by atoms with E-state index >= 15 is 0 Å². The van der Waals surface area contributed by atoms with Gasteiger partial charge in [0.25, 0.3) is 5.56 Å². The maximum absolute atomic E-state index is 12.9. The maximum Gasteiger partial charge on any atom is 0.267 e. The van der Waals surface area contributed by atoms with E-state index in [1.54, 1.807) is 19.1 Å². The van der Waals surface area contributed by atoms with Gasteiger partial charge in [0.15, 0.2) is 0 Å². The monoisotopic (exact) mass is 261 g/mol. The van der Waals surface area contributed by atoms with Crippen LogP contribution in [-0.2, 0) is 11.3 Å². The van der Waals surface area contributed by atoms with E-state index in [1.807, 2.05) is 0 Å². The van der Waals surface area contributed by atoms with Gasteiger partial charge in [0.05, 0.1) is 5.69 Å². The number of anilines is 1. The molecule has 2 rings (SSSR count). The fraction of sp³-hybridized carbons (Fsp3) is 0.154. The summed E-state index contributed by atoms with van der Waals surface area (Å²) in [6.45, 7) is 1.51. The highest BCUT2D eigenvalue weighted by Gasteiger charge is 2.06. The third kappa shape index (κ3) is 3.48. The van der Waals surface area contributed by atoms with E-state index in [2.05, 4.69) is 10.4 Å². The second-order valence-corrected chi connectivity index (χ2v) is 4.03. The molecule has 0 unspecified atom stereocenters. The van der Waals surface area contributed by atoms with E-state index in [0.29, 0.717) is 11.4 Å². The summed E-state index contributed by atoms with van der Waals surface area (Å²) in [7, 11) is 0. The van der Waals surface area contributed by atoms with Gasteiger partial charge in [0.1, 0.15) is 12.4 Å². The Kier molecular flexibility index (Phi) is 3.70. The van der Waals surface area contributed by atoms with Gasteiger partial charge in [-0.05, 0) is 31.2 Å². The molecule has 0 bridgehead atoms. The predicted octanol–water partition coefficient (Wildman–Crippen LogP) is 1.33. The molecule has 1 aromatic carbocycles. The zero-order chi connectivity index (χ0) is 13.8. The molecule has 1 heterocycles. The Hall–Kier alpha value is -2.50. The molecule has 19 heavy (non-hydrogen) atoms. The molecule has 0 aliphatic carbocycles. The summed E-state index contributed by atoms with van der Waals surface area (Å²) in [5, 5.41) is 6.44. The van der Waals surface area contributed by atoms with Gasteiger partial charge >= 0.3 is 0 Å². The van der Waals surface area contributed by atoms with E-state index < -0.39 is 11.7 Å². The summed E-state index contributed by atoms with van der Waals surface area (Å²) < 4.78 is 14.0. The highest BCUT2D eigenvalue weighted by atomic mass is 19.1. The van der Waals surface area contributed by atoms with Gasteiger partial charge in [-0.2, -0.15) is 5.10 Å².